The van der Waals surface area contributed by atoms with Crippen LogP contribution in [0, 0.1) is 11.8 Å². The molecule has 0 aromatic heterocycles. The van der Waals surface area contributed by atoms with Gasteiger partial charge in [-0.3, -0.25) is 4.90 Å². The Morgan fingerprint density at radius 2 is 2.00 bits per heavy atom. The number of fused-ring (bicyclic) bond motifs is 1. The van der Waals surface area contributed by atoms with Crippen molar-refractivity contribution in [3.05, 3.63) is 33.3 Å². The second-order valence-corrected chi connectivity index (χ2v) is 6.80. The molecule has 3 rings (SSSR count). The Kier molecular flexibility index (Phi) is 3.68. The summed E-state index contributed by atoms with van der Waals surface area (Å²) in [6, 6.07) is 6.63. The molecule has 2 aliphatic heterocycles. The molecule has 4 heteroatoms. The summed E-state index contributed by atoms with van der Waals surface area (Å²) in [6.07, 6.45) is 0. The number of hydrogen-bond acceptors (Lipinski definition) is 2. The van der Waals surface area contributed by atoms with Crippen LogP contribution in [0.2, 0.25) is 5.02 Å². The van der Waals surface area contributed by atoms with Gasteiger partial charge in [0.2, 0.25) is 0 Å². The van der Waals surface area contributed by atoms with Crippen LogP contribution in [-0.2, 0) is 0 Å². The minimum atomic E-state index is 0.413. The van der Waals surface area contributed by atoms with E-state index in [1.165, 1.54) is 31.7 Å². The topological polar surface area (TPSA) is 15.3 Å². The molecule has 2 heterocycles. The monoisotopic (exact) mass is 328 g/mol. The van der Waals surface area contributed by atoms with Crippen LogP contribution in [0.25, 0.3) is 0 Å². The van der Waals surface area contributed by atoms with Gasteiger partial charge in [-0.25, -0.2) is 0 Å². The van der Waals surface area contributed by atoms with Gasteiger partial charge in [0.1, 0.15) is 0 Å². The van der Waals surface area contributed by atoms with Gasteiger partial charge < -0.3 is 5.32 Å². The van der Waals surface area contributed by atoms with E-state index in [0.717, 1.165) is 21.3 Å². The van der Waals surface area contributed by atoms with Crippen LogP contribution < -0.4 is 5.32 Å². The second kappa shape index (κ2) is 5.12. The van der Waals surface area contributed by atoms with Crippen LogP contribution in [0.3, 0.4) is 0 Å². The van der Waals surface area contributed by atoms with Gasteiger partial charge in [0.05, 0.1) is 0 Å². The van der Waals surface area contributed by atoms with E-state index in [0.29, 0.717) is 6.04 Å². The Balaban J connectivity index is 1.76. The summed E-state index contributed by atoms with van der Waals surface area (Å²) in [5.74, 6) is 1.67. The maximum absolute atomic E-state index is 6.35. The normalized spacial score (nSPS) is 29.5. The molecule has 0 aliphatic carbocycles. The highest BCUT2D eigenvalue weighted by Crippen LogP contribution is 2.35. The predicted molar refractivity (Wildman–Crippen MR) is 79.0 cm³/mol. The van der Waals surface area contributed by atoms with Gasteiger partial charge in [-0.1, -0.05) is 33.6 Å². The highest BCUT2D eigenvalue weighted by Gasteiger charge is 2.38. The van der Waals surface area contributed by atoms with Crippen molar-refractivity contribution in [1.82, 2.24) is 10.2 Å². The zero-order valence-corrected chi connectivity index (χ0v) is 12.8. The molecule has 2 fully saturated rings. The van der Waals surface area contributed by atoms with E-state index in [1.54, 1.807) is 0 Å². The molecule has 0 bridgehead atoms. The SMILES string of the molecule is CC(c1ccc(Br)cc1Cl)N1CC2CNCC2C1. The first-order valence-electron chi connectivity index (χ1n) is 6.55. The Morgan fingerprint density at radius 1 is 1.33 bits per heavy atom. The number of halogens is 2. The van der Waals surface area contributed by atoms with Crippen LogP contribution in [0.4, 0.5) is 0 Å². The van der Waals surface area contributed by atoms with Gasteiger partial charge in [-0.05, 0) is 49.5 Å². The first-order chi connectivity index (χ1) is 8.65. The van der Waals surface area contributed by atoms with Gasteiger partial charge in [-0.2, -0.15) is 0 Å². The summed E-state index contributed by atoms with van der Waals surface area (Å²) in [6.45, 7) is 7.03. The Labute approximate surface area is 122 Å². The third-order valence-electron chi connectivity index (χ3n) is 4.38. The second-order valence-electron chi connectivity index (χ2n) is 5.47. The lowest BCUT2D eigenvalue weighted by Gasteiger charge is -2.26. The fraction of sp³-hybridized carbons (Fsp3) is 0.571. The average Bonchev–Trinajstić information content (AvgIpc) is 2.87. The highest BCUT2D eigenvalue weighted by atomic mass is 79.9. The summed E-state index contributed by atoms with van der Waals surface area (Å²) in [5.41, 5.74) is 1.24. The third-order valence-corrected chi connectivity index (χ3v) is 5.20. The van der Waals surface area contributed by atoms with Crippen molar-refractivity contribution >= 4 is 27.5 Å². The van der Waals surface area contributed by atoms with Gasteiger partial charge in [0.25, 0.3) is 0 Å². The van der Waals surface area contributed by atoms with Gasteiger partial charge in [0.15, 0.2) is 0 Å². The van der Waals surface area contributed by atoms with Crippen LogP contribution >= 0.6 is 27.5 Å². The van der Waals surface area contributed by atoms with Crippen molar-refractivity contribution < 1.29 is 0 Å². The van der Waals surface area contributed by atoms with Crippen LogP contribution in [0.15, 0.2) is 22.7 Å². The first kappa shape index (κ1) is 12.9. The highest BCUT2D eigenvalue weighted by molar-refractivity contribution is 9.10. The van der Waals surface area contributed by atoms with E-state index in [4.69, 9.17) is 11.6 Å². The zero-order chi connectivity index (χ0) is 12.7. The molecule has 1 aromatic carbocycles. The van der Waals surface area contributed by atoms with E-state index in [9.17, 15) is 0 Å². The standard InChI is InChI=1S/C14H18BrClN2/c1-9(13-3-2-12(15)4-14(13)16)18-7-10-5-17-6-11(10)8-18/h2-4,9-11,17H,5-8H2,1H3. The largest absolute Gasteiger partial charge is 0.316 e. The van der Waals surface area contributed by atoms with E-state index in [2.05, 4.69) is 45.2 Å². The molecule has 0 radical (unpaired) electrons. The smallest absolute Gasteiger partial charge is 0.0464 e. The molecule has 0 spiro atoms. The lowest BCUT2D eigenvalue weighted by atomic mass is 10.0. The molecule has 2 saturated heterocycles. The van der Waals surface area contributed by atoms with Gasteiger partial charge in [0, 0.05) is 28.6 Å². The number of rotatable bonds is 2. The van der Waals surface area contributed by atoms with Crippen molar-refractivity contribution in [3.8, 4) is 0 Å². The van der Waals surface area contributed by atoms with E-state index < -0.39 is 0 Å². The van der Waals surface area contributed by atoms with Crippen molar-refractivity contribution in [2.45, 2.75) is 13.0 Å². The summed E-state index contributed by atoms with van der Waals surface area (Å²) < 4.78 is 1.05. The quantitative estimate of drug-likeness (QED) is 0.895. The van der Waals surface area contributed by atoms with Crippen LogP contribution in [0.5, 0.6) is 0 Å². The maximum Gasteiger partial charge on any atom is 0.0464 e. The molecule has 98 valence electrons. The van der Waals surface area contributed by atoms with Gasteiger partial charge in [-0.15, -0.1) is 0 Å². The number of hydrogen-bond donors (Lipinski definition) is 1. The van der Waals surface area contributed by atoms with Crippen molar-refractivity contribution in [2.24, 2.45) is 11.8 Å². The molecule has 0 saturated carbocycles. The van der Waals surface area contributed by atoms with Crippen molar-refractivity contribution in [1.29, 1.82) is 0 Å². The molecule has 2 nitrogen and oxygen atoms in total. The lowest BCUT2D eigenvalue weighted by molar-refractivity contribution is 0.244. The summed E-state index contributed by atoms with van der Waals surface area (Å²) in [4.78, 5) is 2.57. The lowest BCUT2D eigenvalue weighted by Crippen LogP contribution is -2.28. The number of benzene rings is 1. The van der Waals surface area contributed by atoms with Crippen molar-refractivity contribution in [3.63, 3.8) is 0 Å². The van der Waals surface area contributed by atoms with E-state index in [-0.39, 0.29) is 0 Å². The summed E-state index contributed by atoms with van der Waals surface area (Å²) in [5, 5.41) is 4.35. The van der Waals surface area contributed by atoms with Crippen LogP contribution in [0.1, 0.15) is 18.5 Å². The van der Waals surface area contributed by atoms with Crippen molar-refractivity contribution in [2.75, 3.05) is 26.2 Å². The summed E-state index contributed by atoms with van der Waals surface area (Å²) in [7, 11) is 0. The third kappa shape index (κ3) is 2.34. The Morgan fingerprint density at radius 3 is 2.61 bits per heavy atom. The number of nitrogens with zero attached hydrogens (tertiary/aromatic N) is 1. The van der Waals surface area contributed by atoms with Crippen LogP contribution in [-0.4, -0.2) is 31.1 Å². The molecular formula is C14H18BrClN2. The Bertz CT molecular complexity index is 439. The minimum absolute atomic E-state index is 0.413. The minimum Gasteiger partial charge on any atom is -0.316 e. The number of likely N-dealkylation sites (tertiary alicyclic amines) is 1. The Hall–Kier alpha value is -0.0900. The summed E-state index contributed by atoms with van der Waals surface area (Å²) >= 11 is 9.82. The molecule has 1 aromatic rings. The predicted octanol–water partition coefficient (Wildman–Crippen LogP) is 3.31. The fourth-order valence-electron chi connectivity index (χ4n) is 3.24. The molecule has 1 N–H and O–H groups in total. The zero-order valence-electron chi connectivity index (χ0n) is 10.5. The number of nitrogens with one attached hydrogen (secondary N) is 1. The first-order valence-corrected chi connectivity index (χ1v) is 7.72. The molecule has 18 heavy (non-hydrogen) atoms. The molecular weight excluding hydrogens is 312 g/mol. The fourth-order valence-corrected chi connectivity index (χ4v) is 4.08. The molecule has 0 amide bonds. The molecule has 3 unspecified atom stereocenters. The van der Waals surface area contributed by atoms with E-state index in [1.807, 2.05) is 6.07 Å². The van der Waals surface area contributed by atoms with E-state index >= 15 is 0 Å². The van der Waals surface area contributed by atoms with Gasteiger partial charge >= 0.3 is 0 Å². The average molecular weight is 330 g/mol. The molecule has 3 atom stereocenters. The molecule has 2 aliphatic rings. The maximum atomic E-state index is 6.35.